The van der Waals surface area contributed by atoms with E-state index in [1.165, 1.54) is 12.0 Å². The Kier molecular flexibility index (Phi) is 3.26. The molecular formula is C18H17N3O2. The lowest BCUT2D eigenvalue weighted by atomic mass is 10.0. The maximum atomic E-state index is 12.5. The van der Waals surface area contributed by atoms with Crippen LogP contribution in [0.3, 0.4) is 0 Å². The highest BCUT2D eigenvalue weighted by Crippen LogP contribution is 2.30. The first kappa shape index (κ1) is 13.8. The monoisotopic (exact) mass is 307 g/mol. The summed E-state index contributed by atoms with van der Waals surface area (Å²) in [6.07, 6.45) is 2.33. The number of aromatic nitrogens is 2. The Labute approximate surface area is 134 Å². The Hall–Kier alpha value is -2.82. The zero-order valence-electron chi connectivity index (χ0n) is 12.9. The Bertz CT molecular complexity index is 835. The van der Waals surface area contributed by atoms with Gasteiger partial charge in [0.15, 0.2) is 5.76 Å². The molecule has 23 heavy (non-hydrogen) atoms. The van der Waals surface area contributed by atoms with Crippen LogP contribution in [0, 0.1) is 0 Å². The predicted molar refractivity (Wildman–Crippen MR) is 85.8 cm³/mol. The van der Waals surface area contributed by atoms with Crippen LogP contribution in [0.4, 0.5) is 0 Å². The van der Waals surface area contributed by atoms with Crippen molar-refractivity contribution in [2.24, 2.45) is 7.05 Å². The largest absolute Gasteiger partial charge is 0.459 e. The van der Waals surface area contributed by atoms with Crippen molar-refractivity contribution in [2.75, 3.05) is 6.54 Å². The van der Waals surface area contributed by atoms with Crippen LogP contribution in [0.15, 0.2) is 53.1 Å². The van der Waals surface area contributed by atoms with Crippen molar-refractivity contribution >= 4 is 5.91 Å². The van der Waals surface area contributed by atoms with Crippen LogP contribution in [0.25, 0.3) is 11.3 Å². The molecule has 2 aromatic heterocycles. The zero-order chi connectivity index (χ0) is 15.8. The molecule has 0 fully saturated rings. The van der Waals surface area contributed by atoms with Crippen molar-refractivity contribution < 1.29 is 9.21 Å². The van der Waals surface area contributed by atoms with Gasteiger partial charge in [-0.1, -0.05) is 30.3 Å². The van der Waals surface area contributed by atoms with Crippen LogP contribution in [-0.4, -0.2) is 27.1 Å². The Morgan fingerprint density at radius 1 is 1.17 bits per heavy atom. The van der Waals surface area contributed by atoms with E-state index < -0.39 is 0 Å². The zero-order valence-corrected chi connectivity index (χ0v) is 12.9. The van der Waals surface area contributed by atoms with Gasteiger partial charge in [-0.3, -0.25) is 9.48 Å². The average Bonchev–Trinajstić information content (AvgIpc) is 3.23. The summed E-state index contributed by atoms with van der Waals surface area (Å²) in [4.78, 5) is 14.4. The van der Waals surface area contributed by atoms with Crippen LogP contribution >= 0.6 is 0 Å². The molecule has 1 aliphatic heterocycles. The summed E-state index contributed by atoms with van der Waals surface area (Å²) in [6, 6.07) is 13.6. The second kappa shape index (κ2) is 5.43. The Balaban J connectivity index is 1.70. The maximum Gasteiger partial charge on any atom is 0.289 e. The van der Waals surface area contributed by atoms with E-state index in [0.29, 0.717) is 18.8 Å². The van der Waals surface area contributed by atoms with Crippen LogP contribution in [0.5, 0.6) is 0 Å². The lowest BCUT2D eigenvalue weighted by molar-refractivity contribution is 0.0701. The van der Waals surface area contributed by atoms with E-state index in [0.717, 1.165) is 23.2 Å². The van der Waals surface area contributed by atoms with Crippen molar-refractivity contribution in [3.63, 3.8) is 0 Å². The molecule has 3 aromatic rings. The third kappa shape index (κ3) is 2.34. The summed E-state index contributed by atoms with van der Waals surface area (Å²) < 4.78 is 7.18. The van der Waals surface area contributed by atoms with Crippen LogP contribution < -0.4 is 0 Å². The highest BCUT2D eigenvalue weighted by atomic mass is 16.3. The predicted octanol–water partition coefficient (Wildman–Crippen LogP) is 2.88. The Morgan fingerprint density at radius 2 is 2.00 bits per heavy atom. The highest BCUT2D eigenvalue weighted by molar-refractivity contribution is 5.91. The summed E-state index contributed by atoms with van der Waals surface area (Å²) in [5, 5.41) is 4.67. The first-order valence-corrected chi connectivity index (χ1v) is 7.67. The van der Waals surface area contributed by atoms with E-state index >= 15 is 0 Å². The molecule has 0 unspecified atom stereocenters. The van der Waals surface area contributed by atoms with Gasteiger partial charge in [-0.05, 0) is 12.1 Å². The molecule has 116 valence electrons. The summed E-state index contributed by atoms with van der Waals surface area (Å²) in [5.74, 6) is 0.321. The van der Waals surface area contributed by atoms with Gasteiger partial charge in [0.2, 0.25) is 0 Å². The number of rotatable bonds is 2. The fourth-order valence-corrected chi connectivity index (χ4v) is 3.15. The molecule has 0 N–H and O–H groups in total. The maximum absolute atomic E-state index is 12.5. The molecule has 3 heterocycles. The third-order valence-corrected chi connectivity index (χ3v) is 4.31. The molecular weight excluding hydrogens is 290 g/mol. The fourth-order valence-electron chi connectivity index (χ4n) is 3.15. The molecule has 1 aromatic carbocycles. The lowest BCUT2D eigenvalue weighted by Crippen LogP contribution is -2.36. The van der Waals surface area contributed by atoms with Crippen LogP contribution in [0.2, 0.25) is 0 Å². The minimum absolute atomic E-state index is 0.0662. The Morgan fingerprint density at radius 3 is 2.74 bits per heavy atom. The molecule has 5 nitrogen and oxygen atoms in total. The number of aryl methyl sites for hydroxylation is 1. The molecule has 0 bridgehead atoms. The third-order valence-electron chi connectivity index (χ3n) is 4.31. The number of hydrogen-bond acceptors (Lipinski definition) is 3. The second-order valence-corrected chi connectivity index (χ2v) is 5.72. The topological polar surface area (TPSA) is 51.3 Å². The molecule has 0 radical (unpaired) electrons. The molecule has 5 heteroatoms. The van der Waals surface area contributed by atoms with E-state index in [1.807, 2.05) is 34.8 Å². The van der Waals surface area contributed by atoms with Gasteiger partial charge in [-0.15, -0.1) is 0 Å². The van der Waals surface area contributed by atoms with Gasteiger partial charge in [0.1, 0.15) is 0 Å². The smallest absolute Gasteiger partial charge is 0.289 e. The van der Waals surface area contributed by atoms with Gasteiger partial charge in [-0.25, -0.2) is 0 Å². The molecule has 0 saturated heterocycles. The molecule has 1 aliphatic rings. The summed E-state index contributed by atoms with van der Waals surface area (Å²) >= 11 is 0. The standard InChI is InChI=1S/C18H17N3O2/c1-20-15-9-10-21(18(22)16-8-5-11-23-16)12-14(15)17(19-20)13-6-3-2-4-7-13/h2-8,11H,9-10,12H2,1H3. The summed E-state index contributed by atoms with van der Waals surface area (Å²) in [5.41, 5.74) is 4.37. The normalized spacial score (nSPS) is 13.9. The van der Waals surface area contributed by atoms with Crippen LogP contribution in [-0.2, 0) is 20.0 Å². The number of furan rings is 1. The molecule has 0 aliphatic carbocycles. The number of carbonyl (C=O) groups is 1. The molecule has 0 spiro atoms. The van der Waals surface area contributed by atoms with E-state index in [1.54, 1.807) is 12.1 Å². The van der Waals surface area contributed by atoms with Crippen molar-refractivity contribution in [3.8, 4) is 11.3 Å². The SMILES string of the molecule is Cn1nc(-c2ccccc2)c2c1CCN(C(=O)c1ccco1)C2. The summed E-state index contributed by atoms with van der Waals surface area (Å²) in [6.45, 7) is 1.24. The lowest BCUT2D eigenvalue weighted by Gasteiger charge is -2.27. The van der Waals surface area contributed by atoms with E-state index in [-0.39, 0.29) is 5.91 Å². The molecule has 1 amide bonds. The molecule has 0 saturated carbocycles. The number of nitrogens with zero attached hydrogens (tertiary/aromatic N) is 3. The van der Waals surface area contributed by atoms with Gasteiger partial charge < -0.3 is 9.32 Å². The second-order valence-electron chi connectivity index (χ2n) is 5.72. The highest BCUT2D eigenvalue weighted by Gasteiger charge is 2.28. The number of carbonyl (C=O) groups excluding carboxylic acids is 1. The van der Waals surface area contributed by atoms with Crippen molar-refractivity contribution in [1.29, 1.82) is 0 Å². The minimum atomic E-state index is -0.0662. The number of fused-ring (bicyclic) bond motifs is 1. The van der Waals surface area contributed by atoms with Crippen molar-refractivity contribution in [3.05, 3.63) is 65.7 Å². The van der Waals surface area contributed by atoms with Gasteiger partial charge >= 0.3 is 0 Å². The van der Waals surface area contributed by atoms with E-state index in [2.05, 4.69) is 17.2 Å². The fraction of sp³-hybridized carbons (Fsp3) is 0.222. The quantitative estimate of drug-likeness (QED) is 0.731. The van der Waals surface area contributed by atoms with Gasteiger partial charge in [0, 0.05) is 36.8 Å². The first-order chi connectivity index (χ1) is 11.2. The van der Waals surface area contributed by atoms with E-state index in [9.17, 15) is 4.79 Å². The van der Waals surface area contributed by atoms with Crippen LogP contribution in [0.1, 0.15) is 21.8 Å². The number of hydrogen-bond donors (Lipinski definition) is 0. The first-order valence-electron chi connectivity index (χ1n) is 7.67. The molecule has 0 atom stereocenters. The van der Waals surface area contributed by atoms with Crippen molar-refractivity contribution in [2.45, 2.75) is 13.0 Å². The van der Waals surface area contributed by atoms with Gasteiger partial charge in [-0.2, -0.15) is 5.10 Å². The van der Waals surface area contributed by atoms with Gasteiger partial charge in [0.05, 0.1) is 18.5 Å². The number of amides is 1. The van der Waals surface area contributed by atoms with Crippen molar-refractivity contribution in [1.82, 2.24) is 14.7 Å². The number of benzene rings is 1. The van der Waals surface area contributed by atoms with E-state index in [4.69, 9.17) is 4.42 Å². The minimum Gasteiger partial charge on any atom is -0.459 e. The average molecular weight is 307 g/mol. The van der Waals surface area contributed by atoms with Gasteiger partial charge in [0.25, 0.3) is 5.91 Å². The summed E-state index contributed by atoms with van der Waals surface area (Å²) in [7, 11) is 1.97. The molecule has 4 rings (SSSR count).